The fourth-order valence-corrected chi connectivity index (χ4v) is 6.08. The summed E-state index contributed by atoms with van der Waals surface area (Å²) in [5.74, 6) is 0.297. The molecule has 4 atom stereocenters. The molecule has 1 fully saturated rings. The first-order valence-corrected chi connectivity index (χ1v) is 12.5. The van der Waals surface area contributed by atoms with Crippen LogP contribution in [0.5, 0.6) is 0 Å². The Morgan fingerprint density at radius 3 is 2.71 bits per heavy atom. The number of benzene rings is 1. The number of hydrogen-bond acceptors (Lipinski definition) is 11. The molecule has 1 aromatic carbocycles. The smallest absolute Gasteiger partial charge is 0.340 e. The number of ether oxygens (including phenoxy) is 1. The number of aromatic nitrogens is 4. The van der Waals surface area contributed by atoms with Crippen molar-refractivity contribution in [2.24, 2.45) is 0 Å². The van der Waals surface area contributed by atoms with Crippen LogP contribution in [-0.4, -0.2) is 59.8 Å². The maximum atomic E-state index is 12.6. The molecule has 0 amide bonds. The molecule has 11 nitrogen and oxygen atoms in total. The van der Waals surface area contributed by atoms with Crippen LogP contribution in [0.3, 0.4) is 0 Å². The van der Waals surface area contributed by atoms with E-state index in [0.29, 0.717) is 20.8 Å². The molecule has 5 rings (SSSR count). The number of nitrogen functional groups attached to an aromatic ring is 1. The molecule has 4 heterocycles. The number of anilines is 1. The molecule has 0 saturated carbocycles. The van der Waals surface area contributed by atoms with Crippen molar-refractivity contribution in [1.82, 2.24) is 19.5 Å². The first kappa shape index (κ1) is 23.7. The molecule has 4 aromatic rings. The molecule has 0 radical (unpaired) electrons. The summed E-state index contributed by atoms with van der Waals surface area (Å²) in [6, 6.07) is 5.35. The van der Waals surface area contributed by atoms with Crippen molar-refractivity contribution in [2.75, 3.05) is 12.3 Å². The third kappa shape index (κ3) is 4.02. The highest BCUT2D eigenvalue weighted by Gasteiger charge is 2.45. The van der Waals surface area contributed by atoms with Gasteiger partial charge < -0.3 is 30.2 Å². The zero-order valence-corrected chi connectivity index (χ0v) is 21.1. The third-order valence-electron chi connectivity index (χ3n) is 5.43. The molecule has 14 heteroatoms. The largest absolute Gasteiger partial charge is 0.421 e. The van der Waals surface area contributed by atoms with Gasteiger partial charge in [-0.3, -0.25) is 4.57 Å². The fraction of sp³-hybridized carbons (Fsp3) is 0.300. The molecule has 1 aliphatic rings. The number of nitrogens with zero attached hydrogens (tertiary/aromatic N) is 4. The molecule has 0 unspecified atom stereocenters. The normalized spacial score (nSPS) is 22.7. The standard InChI is InChI=1S/C20H17Br2N5O6S/c21-9-2-7-1-8(19(31)33-15(7)10(22)3-9)5-34-20-26-12-16(23)24-6-25-17(12)27(20)18-14(30)13(29)11(4-28)32-18/h1-3,6,11,13-14,18,28-30H,4-5H2,(H2,23,24,25)/t11-,13-,14-,18-/m1/s1. The van der Waals surface area contributed by atoms with Crippen LogP contribution in [0.25, 0.3) is 22.1 Å². The Kier molecular flexibility index (Phi) is 6.39. The molecule has 1 aliphatic heterocycles. The number of rotatable bonds is 5. The first-order chi connectivity index (χ1) is 16.3. The van der Waals surface area contributed by atoms with Crippen LogP contribution >= 0.6 is 43.6 Å². The average Bonchev–Trinajstić information content (AvgIpc) is 3.30. The highest BCUT2D eigenvalue weighted by atomic mass is 79.9. The van der Waals surface area contributed by atoms with E-state index in [2.05, 4.69) is 46.8 Å². The first-order valence-electron chi connectivity index (χ1n) is 9.94. The topological polar surface area (TPSA) is 170 Å². The highest BCUT2D eigenvalue weighted by molar-refractivity contribution is 9.11. The van der Waals surface area contributed by atoms with Gasteiger partial charge in [-0.2, -0.15) is 0 Å². The van der Waals surface area contributed by atoms with E-state index in [9.17, 15) is 20.1 Å². The van der Waals surface area contributed by atoms with Crippen LogP contribution in [0.4, 0.5) is 5.82 Å². The minimum atomic E-state index is -1.36. The second-order valence-electron chi connectivity index (χ2n) is 7.58. The minimum absolute atomic E-state index is 0.122. The van der Waals surface area contributed by atoms with Gasteiger partial charge in [-0.25, -0.2) is 19.7 Å². The molecule has 0 spiro atoms. The predicted molar refractivity (Wildman–Crippen MR) is 130 cm³/mol. The Morgan fingerprint density at radius 2 is 1.97 bits per heavy atom. The number of hydrogen-bond donors (Lipinski definition) is 4. The van der Waals surface area contributed by atoms with Gasteiger partial charge in [-0.05, 0) is 34.1 Å². The van der Waals surface area contributed by atoms with Crippen LogP contribution < -0.4 is 11.4 Å². The lowest BCUT2D eigenvalue weighted by Gasteiger charge is -2.19. The van der Waals surface area contributed by atoms with Crippen molar-refractivity contribution in [2.45, 2.75) is 35.4 Å². The number of thioether (sulfide) groups is 1. The van der Waals surface area contributed by atoms with Crippen molar-refractivity contribution in [3.05, 3.63) is 49.5 Å². The predicted octanol–water partition coefficient (Wildman–Crippen LogP) is 1.94. The quantitative estimate of drug-likeness (QED) is 0.191. The van der Waals surface area contributed by atoms with E-state index in [1.54, 1.807) is 12.1 Å². The van der Waals surface area contributed by atoms with E-state index in [0.717, 1.165) is 9.86 Å². The Morgan fingerprint density at radius 1 is 1.18 bits per heavy atom. The number of halogens is 2. The van der Waals surface area contributed by atoms with Crippen LogP contribution in [0.2, 0.25) is 0 Å². The number of fused-ring (bicyclic) bond motifs is 2. The van der Waals surface area contributed by atoms with Crippen molar-refractivity contribution < 1.29 is 24.5 Å². The van der Waals surface area contributed by atoms with E-state index >= 15 is 0 Å². The van der Waals surface area contributed by atoms with Gasteiger partial charge in [0.1, 0.15) is 24.6 Å². The van der Waals surface area contributed by atoms with E-state index in [4.69, 9.17) is 14.9 Å². The molecular formula is C20H17Br2N5O6S. The zero-order chi connectivity index (χ0) is 24.1. The third-order valence-corrected chi connectivity index (χ3v) is 7.47. The van der Waals surface area contributed by atoms with Gasteiger partial charge in [0, 0.05) is 21.2 Å². The molecule has 0 bridgehead atoms. The van der Waals surface area contributed by atoms with E-state index in [-0.39, 0.29) is 22.7 Å². The van der Waals surface area contributed by atoms with Crippen LogP contribution in [0.1, 0.15) is 11.8 Å². The Hall–Kier alpha value is -2.07. The summed E-state index contributed by atoms with van der Waals surface area (Å²) < 4.78 is 14.1. The SMILES string of the molecule is Nc1ncnc2c1nc(SCc1cc3cc(Br)cc(Br)c3oc1=O)n2[C@@H]1O[C@H](CO)[C@@H](O)[C@H]1O. The molecule has 178 valence electrons. The van der Waals surface area contributed by atoms with Crippen LogP contribution in [-0.2, 0) is 10.5 Å². The molecule has 34 heavy (non-hydrogen) atoms. The van der Waals surface area contributed by atoms with Crippen molar-refractivity contribution >= 4 is 71.6 Å². The molecule has 1 saturated heterocycles. The Labute approximate surface area is 212 Å². The van der Waals surface area contributed by atoms with Crippen molar-refractivity contribution in [3.63, 3.8) is 0 Å². The van der Waals surface area contributed by atoms with Gasteiger partial charge in [0.25, 0.3) is 0 Å². The van der Waals surface area contributed by atoms with Crippen molar-refractivity contribution in [1.29, 1.82) is 0 Å². The second-order valence-corrected chi connectivity index (χ2v) is 10.3. The summed E-state index contributed by atoms with van der Waals surface area (Å²) in [5, 5.41) is 31.4. The van der Waals surface area contributed by atoms with Gasteiger partial charge in [0.2, 0.25) is 0 Å². The lowest BCUT2D eigenvalue weighted by atomic mass is 10.1. The maximum absolute atomic E-state index is 12.6. The summed E-state index contributed by atoms with van der Waals surface area (Å²) in [7, 11) is 0. The maximum Gasteiger partial charge on any atom is 0.340 e. The zero-order valence-electron chi connectivity index (χ0n) is 17.1. The summed E-state index contributed by atoms with van der Waals surface area (Å²) >= 11 is 8.00. The highest BCUT2D eigenvalue weighted by Crippen LogP contribution is 2.37. The number of aliphatic hydroxyl groups is 3. The summed E-state index contributed by atoms with van der Waals surface area (Å²) in [4.78, 5) is 25.3. The van der Waals surface area contributed by atoms with Gasteiger partial charge in [-0.15, -0.1) is 0 Å². The van der Waals surface area contributed by atoms with Crippen molar-refractivity contribution in [3.8, 4) is 0 Å². The number of imidazole rings is 1. The molecule has 0 aliphatic carbocycles. The summed E-state index contributed by atoms with van der Waals surface area (Å²) in [6.45, 7) is -0.482. The van der Waals surface area contributed by atoms with E-state index in [1.165, 1.54) is 22.7 Å². The number of nitrogens with two attached hydrogens (primary N) is 1. The minimum Gasteiger partial charge on any atom is -0.421 e. The van der Waals surface area contributed by atoms with E-state index in [1.807, 2.05) is 6.07 Å². The average molecular weight is 615 g/mol. The van der Waals surface area contributed by atoms with Gasteiger partial charge in [0.05, 0.1) is 11.1 Å². The van der Waals surface area contributed by atoms with Gasteiger partial charge in [-0.1, -0.05) is 27.7 Å². The molecule has 3 aromatic heterocycles. The Balaban J connectivity index is 1.55. The Bertz CT molecular complexity index is 1460. The summed E-state index contributed by atoms with van der Waals surface area (Å²) in [6.07, 6.45) is -3.49. The summed E-state index contributed by atoms with van der Waals surface area (Å²) in [5.41, 5.74) is 6.85. The van der Waals surface area contributed by atoms with Crippen LogP contribution in [0.15, 0.2) is 47.8 Å². The second kappa shape index (κ2) is 9.18. The van der Waals surface area contributed by atoms with Crippen LogP contribution in [0, 0.1) is 0 Å². The molecule has 5 N–H and O–H groups in total. The van der Waals surface area contributed by atoms with Gasteiger partial charge >= 0.3 is 5.63 Å². The lowest BCUT2D eigenvalue weighted by molar-refractivity contribution is -0.0548. The fourth-order valence-electron chi connectivity index (χ4n) is 3.77. The van der Waals surface area contributed by atoms with Gasteiger partial charge in [0.15, 0.2) is 33.9 Å². The van der Waals surface area contributed by atoms with E-state index < -0.39 is 36.8 Å². The monoisotopic (exact) mass is 613 g/mol. The number of aliphatic hydroxyl groups excluding tert-OH is 3. The lowest BCUT2D eigenvalue weighted by Crippen LogP contribution is -2.33. The molecular weight excluding hydrogens is 598 g/mol.